The summed E-state index contributed by atoms with van der Waals surface area (Å²) in [7, 11) is 3.31. The third kappa shape index (κ3) is 5.24. The van der Waals surface area contributed by atoms with Gasteiger partial charge in [0.1, 0.15) is 0 Å². The maximum atomic E-state index is 13.6. The van der Waals surface area contributed by atoms with E-state index in [1.54, 1.807) is 0 Å². The maximum Gasteiger partial charge on any atom is 0.307 e. The number of carbonyl (C=O) groups excluding carboxylic acids is 3. The molecular formula is C28H33N3O4. The van der Waals surface area contributed by atoms with Gasteiger partial charge in [-0.1, -0.05) is 44.0 Å². The number of ether oxygens (including phenoxy) is 1. The predicted octanol–water partition coefficient (Wildman–Crippen LogP) is 4.46. The average Bonchev–Trinajstić information content (AvgIpc) is 3.14. The van der Waals surface area contributed by atoms with E-state index in [9.17, 15) is 14.4 Å². The van der Waals surface area contributed by atoms with Crippen molar-refractivity contribution in [3.8, 4) is 0 Å². The number of aromatic nitrogens is 1. The summed E-state index contributed by atoms with van der Waals surface area (Å²) in [5, 5.41) is 1.12. The van der Waals surface area contributed by atoms with Gasteiger partial charge in [-0.3, -0.25) is 19.3 Å². The Balaban J connectivity index is 1.71. The first kappa shape index (κ1) is 24.5. The average molecular weight is 476 g/mol. The number of aryl methyl sites for hydroxylation is 2. The number of methoxy groups -OCH3 is 1. The Morgan fingerprint density at radius 3 is 2.66 bits per heavy atom. The van der Waals surface area contributed by atoms with Crippen LogP contribution in [0.15, 0.2) is 48.7 Å². The summed E-state index contributed by atoms with van der Waals surface area (Å²) in [6.45, 7) is 2.72. The summed E-state index contributed by atoms with van der Waals surface area (Å²) in [6.07, 6.45) is 6.24. The molecule has 2 aromatic carbocycles. The van der Waals surface area contributed by atoms with Crippen molar-refractivity contribution in [3.05, 3.63) is 65.4 Å². The minimum atomic E-state index is -0.448. The van der Waals surface area contributed by atoms with Crippen LogP contribution in [0.1, 0.15) is 54.1 Å². The molecule has 1 aromatic heterocycles. The van der Waals surface area contributed by atoms with Gasteiger partial charge in [0.2, 0.25) is 5.91 Å². The van der Waals surface area contributed by atoms with E-state index >= 15 is 0 Å². The van der Waals surface area contributed by atoms with Crippen LogP contribution in [-0.2, 0) is 34.3 Å². The normalized spacial score (nSPS) is 13.8. The lowest BCUT2D eigenvalue weighted by Gasteiger charge is -2.24. The first-order valence-corrected chi connectivity index (χ1v) is 12.2. The maximum absolute atomic E-state index is 13.6. The van der Waals surface area contributed by atoms with Crippen molar-refractivity contribution in [2.24, 2.45) is 7.05 Å². The van der Waals surface area contributed by atoms with E-state index in [-0.39, 0.29) is 31.3 Å². The standard InChI is InChI=1S/C28H33N3O4/c1-4-5-6-9-20-12-13-25-23(16-20)28(34)31(15-14-27(33)35-3)26(32)19-30(25)18-21-17-29(2)24-11-8-7-10-22(21)24/h7-8,10-13,16-17H,4-6,9,14-15,18-19H2,1-3H3. The highest BCUT2D eigenvalue weighted by Gasteiger charge is 2.33. The van der Waals surface area contributed by atoms with Crippen LogP contribution in [0.25, 0.3) is 10.9 Å². The zero-order chi connectivity index (χ0) is 24.9. The number of unbranched alkanes of at least 4 members (excludes halogenated alkanes) is 2. The van der Waals surface area contributed by atoms with E-state index in [0.29, 0.717) is 12.1 Å². The van der Waals surface area contributed by atoms with E-state index < -0.39 is 5.97 Å². The second-order valence-corrected chi connectivity index (χ2v) is 9.12. The van der Waals surface area contributed by atoms with Gasteiger partial charge in [0.15, 0.2) is 0 Å². The minimum absolute atomic E-state index is 0.00590. The molecule has 35 heavy (non-hydrogen) atoms. The molecule has 2 heterocycles. The molecule has 0 bridgehead atoms. The van der Waals surface area contributed by atoms with Crippen molar-refractivity contribution in [1.29, 1.82) is 0 Å². The molecule has 0 unspecified atom stereocenters. The molecule has 7 nitrogen and oxygen atoms in total. The molecule has 3 aromatic rings. The number of nitrogens with zero attached hydrogens (tertiary/aromatic N) is 3. The third-order valence-corrected chi connectivity index (χ3v) is 6.68. The third-order valence-electron chi connectivity index (χ3n) is 6.68. The van der Waals surface area contributed by atoms with Crippen molar-refractivity contribution in [3.63, 3.8) is 0 Å². The largest absolute Gasteiger partial charge is 0.469 e. The summed E-state index contributed by atoms with van der Waals surface area (Å²) < 4.78 is 6.81. The van der Waals surface area contributed by atoms with Gasteiger partial charge >= 0.3 is 5.97 Å². The Bertz CT molecular complexity index is 1250. The Morgan fingerprint density at radius 2 is 1.89 bits per heavy atom. The van der Waals surface area contributed by atoms with Crippen molar-refractivity contribution >= 4 is 34.4 Å². The fourth-order valence-electron chi connectivity index (χ4n) is 4.79. The van der Waals surface area contributed by atoms with Gasteiger partial charge in [-0.15, -0.1) is 0 Å². The summed E-state index contributed by atoms with van der Waals surface area (Å²) >= 11 is 0. The van der Waals surface area contributed by atoms with Gasteiger partial charge in [-0.2, -0.15) is 0 Å². The summed E-state index contributed by atoms with van der Waals surface area (Å²) in [6, 6.07) is 14.1. The number of amides is 2. The number of imide groups is 1. The minimum Gasteiger partial charge on any atom is -0.469 e. The Labute approximate surface area is 206 Å². The Kier molecular flexibility index (Phi) is 7.54. The molecule has 4 rings (SSSR count). The van der Waals surface area contributed by atoms with Crippen LogP contribution >= 0.6 is 0 Å². The SMILES string of the molecule is CCCCCc1ccc2c(c1)C(=O)N(CCC(=O)OC)C(=O)CN2Cc1cn(C)c2ccccc12. The molecule has 7 heteroatoms. The molecule has 0 saturated heterocycles. The molecule has 0 radical (unpaired) electrons. The van der Waals surface area contributed by atoms with Gasteiger partial charge < -0.3 is 14.2 Å². The molecule has 1 aliphatic rings. The van der Waals surface area contributed by atoms with Gasteiger partial charge in [0.05, 0.1) is 31.3 Å². The van der Waals surface area contributed by atoms with Gasteiger partial charge in [0, 0.05) is 37.2 Å². The number of fused-ring (bicyclic) bond motifs is 2. The van der Waals surface area contributed by atoms with Crippen molar-refractivity contribution in [2.75, 3.05) is 25.1 Å². The van der Waals surface area contributed by atoms with Crippen LogP contribution in [0, 0.1) is 0 Å². The molecule has 0 spiro atoms. The first-order valence-electron chi connectivity index (χ1n) is 12.2. The number of esters is 1. The molecule has 0 atom stereocenters. The number of anilines is 1. The van der Waals surface area contributed by atoms with Crippen molar-refractivity contribution in [1.82, 2.24) is 9.47 Å². The number of para-hydroxylation sites is 1. The smallest absolute Gasteiger partial charge is 0.307 e. The highest BCUT2D eigenvalue weighted by atomic mass is 16.5. The Morgan fingerprint density at radius 1 is 1.09 bits per heavy atom. The summed E-state index contributed by atoms with van der Waals surface area (Å²) in [4.78, 5) is 41.8. The van der Waals surface area contributed by atoms with Crippen LogP contribution in [0.5, 0.6) is 0 Å². The van der Waals surface area contributed by atoms with Crippen molar-refractivity contribution < 1.29 is 19.1 Å². The highest BCUT2D eigenvalue weighted by Crippen LogP contribution is 2.31. The molecule has 0 N–H and O–H groups in total. The van der Waals surface area contributed by atoms with E-state index in [2.05, 4.69) is 35.9 Å². The molecule has 0 saturated carbocycles. The zero-order valence-electron chi connectivity index (χ0n) is 20.8. The van der Waals surface area contributed by atoms with E-state index in [1.165, 1.54) is 12.0 Å². The van der Waals surface area contributed by atoms with Crippen LogP contribution in [0.2, 0.25) is 0 Å². The van der Waals surface area contributed by atoms with Crippen LogP contribution in [0.4, 0.5) is 5.69 Å². The van der Waals surface area contributed by atoms with Gasteiger partial charge in [-0.05, 0) is 42.2 Å². The number of carbonyl (C=O) groups is 3. The van der Waals surface area contributed by atoms with E-state index in [0.717, 1.165) is 53.4 Å². The highest BCUT2D eigenvalue weighted by molar-refractivity contribution is 6.11. The van der Waals surface area contributed by atoms with E-state index in [1.807, 2.05) is 36.2 Å². The predicted molar refractivity (Wildman–Crippen MR) is 136 cm³/mol. The topological polar surface area (TPSA) is 71.8 Å². The quantitative estimate of drug-likeness (QED) is 0.260. The second kappa shape index (κ2) is 10.8. The summed E-state index contributed by atoms with van der Waals surface area (Å²) in [5.74, 6) is -1.12. The molecular weight excluding hydrogens is 442 g/mol. The summed E-state index contributed by atoms with van der Waals surface area (Å²) in [5.41, 5.74) is 4.54. The molecule has 2 amide bonds. The number of benzene rings is 2. The Hall–Kier alpha value is -3.61. The lowest BCUT2D eigenvalue weighted by molar-refractivity contribution is -0.141. The van der Waals surface area contributed by atoms with E-state index in [4.69, 9.17) is 4.74 Å². The molecule has 1 aliphatic heterocycles. The van der Waals surface area contributed by atoms with Crippen LogP contribution < -0.4 is 4.90 Å². The number of rotatable bonds is 9. The molecule has 184 valence electrons. The van der Waals surface area contributed by atoms with Crippen LogP contribution in [-0.4, -0.2) is 47.4 Å². The molecule has 0 fully saturated rings. The number of hydrogen-bond acceptors (Lipinski definition) is 5. The van der Waals surface area contributed by atoms with Crippen molar-refractivity contribution in [2.45, 2.75) is 45.6 Å². The van der Waals surface area contributed by atoms with Crippen LogP contribution in [0.3, 0.4) is 0 Å². The zero-order valence-corrected chi connectivity index (χ0v) is 20.8. The fourth-order valence-corrected chi connectivity index (χ4v) is 4.79. The fraction of sp³-hybridized carbons (Fsp3) is 0.393. The van der Waals surface area contributed by atoms with Gasteiger partial charge in [-0.25, -0.2) is 0 Å². The lowest BCUT2D eigenvalue weighted by Crippen LogP contribution is -2.41. The lowest BCUT2D eigenvalue weighted by atomic mass is 10.0. The molecule has 0 aliphatic carbocycles. The number of hydrogen-bond donors (Lipinski definition) is 0. The monoisotopic (exact) mass is 475 g/mol. The van der Waals surface area contributed by atoms with Gasteiger partial charge in [0.25, 0.3) is 5.91 Å². The first-order chi connectivity index (χ1) is 16.9. The second-order valence-electron chi connectivity index (χ2n) is 9.12.